The number of rotatable bonds is 12. The van der Waals surface area contributed by atoms with Crippen LogP contribution in [0.2, 0.25) is 0 Å². The molecule has 1 N–H and O–H groups in total. The lowest BCUT2D eigenvalue weighted by Gasteiger charge is -2.32. The molecule has 0 saturated heterocycles. The Morgan fingerprint density at radius 3 is 2.13 bits per heavy atom. The summed E-state index contributed by atoms with van der Waals surface area (Å²) in [6.45, 7) is 7.25. The molecule has 0 aliphatic heterocycles. The maximum Gasteiger partial charge on any atom is 0.264 e. The SMILES string of the molecule is CC[C@H](C)NC(=O)[C@H](C)N(CCc1ccccc1)C(=O)CN(c1ccc(Br)cc1)S(=O)(=O)c1ccc(C)cc1. The molecule has 39 heavy (non-hydrogen) atoms. The summed E-state index contributed by atoms with van der Waals surface area (Å²) < 4.78 is 29.5. The van der Waals surface area contributed by atoms with E-state index in [1.165, 1.54) is 17.0 Å². The van der Waals surface area contributed by atoms with Crippen molar-refractivity contribution in [2.45, 2.75) is 57.5 Å². The van der Waals surface area contributed by atoms with Crippen LogP contribution in [0, 0.1) is 6.92 Å². The Balaban J connectivity index is 1.96. The van der Waals surface area contributed by atoms with E-state index in [1.807, 2.05) is 51.1 Å². The Morgan fingerprint density at radius 2 is 1.54 bits per heavy atom. The lowest BCUT2D eigenvalue weighted by atomic mass is 10.1. The van der Waals surface area contributed by atoms with E-state index in [2.05, 4.69) is 21.2 Å². The molecule has 7 nitrogen and oxygen atoms in total. The molecule has 0 saturated carbocycles. The third kappa shape index (κ3) is 8.16. The molecule has 0 radical (unpaired) electrons. The van der Waals surface area contributed by atoms with Crippen molar-refractivity contribution in [1.82, 2.24) is 10.2 Å². The van der Waals surface area contributed by atoms with Crippen molar-refractivity contribution in [2.75, 3.05) is 17.4 Å². The van der Waals surface area contributed by atoms with Crippen molar-refractivity contribution >= 4 is 43.5 Å². The summed E-state index contributed by atoms with van der Waals surface area (Å²) in [7, 11) is -4.08. The smallest absolute Gasteiger partial charge is 0.264 e. The van der Waals surface area contributed by atoms with E-state index in [0.29, 0.717) is 12.1 Å². The first-order valence-corrected chi connectivity index (χ1v) is 15.2. The van der Waals surface area contributed by atoms with E-state index in [9.17, 15) is 18.0 Å². The highest BCUT2D eigenvalue weighted by molar-refractivity contribution is 9.10. The van der Waals surface area contributed by atoms with E-state index < -0.39 is 28.5 Å². The fraction of sp³-hybridized carbons (Fsp3) is 0.333. The Hall–Kier alpha value is -3.17. The number of hydrogen-bond donors (Lipinski definition) is 1. The van der Waals surface area contributed by atoms with Gasteiger partial charge in [0.15, 0.2) is 0 Å². The number of hydrogen-bond acceptors (Lipinski definition) is 4. The van der Waals surface area contributed by atoms with Gasteiger partial charge in [0.05, 0.1) is 10.6 Å². The molecule has 0 unspecified atom stereocenters. The van der Waals surface area contributed by atoms with E-state index in [0.717, 1.165) is 26.3 Å². The van der Waals surface area contributed by atoms with Crippen molar-refractivity contribution in [3.8, 4) is 0 Å². The maximum atomic E-state index is 13.9. The van der Waals surface area contributed by atoms with Crippen LogP contribution in [0.25, 0.3) is 0 Å². The van der Waals surface area contributed by atoms with Gasteiger partial charge in [-0.2, -0.15) is 0 Å². The zero-order valence-electron chi connectivity index (χ0n) is 22.8. The van der Waals surface area contributed by atoms with Crippen molar-refractivity contribution < 1.29 is 18.0 Å². The summed E-state index contributed by atoms with van der Waals surface area (Å²) in [5.74, 6) is -0.737. The second kappa shape index (κ2) is 13.8. The molecule has 2 atom stereocenters. The lowest BCUT2D eigenvalue weighted by molar-refractivity contribution is -0.139. The quantitative estimate of drug-likeness (QED) is 0.299. The molecule has 0 aromatic heterocycles. The second-order valence-corrected chi connectivity index (χ2v) is 12.4. The van der Waals surface area contributed by atoms with Crippen LogP contribution in [0.5, 0.6) is 0 Å². The molecular formula is C30H36BrN3O4S. The van der Waals surface area contributed by atoms with Crippen molar-refractivity contribution in [2.24, 2.45) is 0 Å². The number of amides is 2. The monoisotopic (exact) mass is 613 g/mol. The third-order valence-corrected chi connectivity index (χ3v) is 8.97. The summed E-state index contributed by atoms with van der Waals surface area (Å²) in [5.41, 5.74) is 2.29. The van der Waals surface area contributed by atoms with Gasteiger partial charge in [0.1, 0.15) is 12.6 Å². The Bertz CT molecular complexity index is 1350. The summed E-state index contributed by atoms with van der Waals surface area (Å²) >= 11 is 3.39. The molecule has 0 bridgehead atoms. The van der Waals surface area contributed by atoms with Crippen LogP contribution >= 0.6 is 15.9 Å². The number of sulfonamides is 1. The van der Waals surface area contributed by atoms with Gasteiger partial charge in [0.25, 0.3) is 10.0 Å². The molecule has 9 heteroatoms. The van der Waals surface area contributed by atoms with Gasteiger partial charge in [-0.3, -0.25) is 13.9 Å². The first-order valence-electron chi connectivity index (χ1n) is 13.0. The molecule has 0 aliphatic rings. The highest BCUT2D eigenvalue weighted by atomic mass is 79.9. The van der Waals surface area contributed by atoms with Crippen LogP contribution < -0.4 is 9.62 Å². The van der Waals surface area contributed by atoms with Gasteiger partial charge in [-0.1, -0.05) is 70.9 Å². The van der Waals surface area contributed by atoms with E-state index in [4.69, 9.17) is 0 Å². The van der Waals surface area contributed by atoms with Crippen LogP contribution in [0.4, 0.5) is 5.69 Å². The number of benzene rings is 3. The predicted octanol–water partition coefficient (Wildman–Crippen LogP) is 5.33. The van der Waals surface area contributed by atoms with Crippen LogP contribution in [0.1, 0.15) is 38.3 Å². The minimum Gasteiger partial charge on any atom is -0.352 e. The average molecular weight is 615 g/mol. The second-order valence-electron chi connectivity index (χ2n) is 9.62. The molecular weight excluding hydrogens is 578 g/mol. The molecule has 0 spiro atoms. The lowest BCUT2D eigenvalue weighted by Crippen LogP contribution is -2.53. The average Bonchev–Trinajstić information content (AvgIpc) is 2.93. The van der Waals surface area contributed by atoms with E-state index >= 15 is 0 Å². The number of anilines is 1. The number of aryl methyl sites for hydroxylation is 1. The number of nitrogens with zero attached hydrogens (tertiary/aromatic N) is 2. The number of carbonyl (C=O) groups is 2. The van der Waals surface area contributed by atoms with E-state index in [-0.39, 0.29) is 23.4 Å². The van der Waals surface area contributed by atoms with Gasteiger partial charge in [0.2, 0.25) is 11.8 Å². The normalized spacial score (nSPS) is 12.8. The van der Waals surface area contributed by atoms with E-state index in [1.54, 1.807) is 43.3 Å². The summed E-state index contributed by atoms with van der Waals surface area (Å²) in [5, 5.41) is 2.95. The Labute approximate surface area is 240 Å². The van der Waals surface area contributed by atoms with Gasteiger partial charge < -0.3 is 10.2 Å². The molecule has 0 heterocycles. The molecule has 0 aliphatic carbocycles. The van der Waals surface area contributed by atoms with Gasteiger partial charge in [-0.05, 0) is 75.6 Å². The van der Waals surface area contributed by atoms with Gasteiger partial charge in [0, 0.05) is 17.1 Å². The summed E-state index contributed by atoms with van der Waals surface area (Å²) in [4.78, 5) is 28.5. The minimum absolute atomic E-state index is 0.0489. The fourth-order valence-electron chi connectivity index (χ4n) is 4.01. The third-order valence-electron chi connectivity index (χ3n) is 6.65. The Morgan fingerprint density at radius 1 is 0.923 bits per heavy atom. The first kappa shape index (κ1) is 30.4. The minimum atomic E-state index is -4.08. The molecule has 208 valence electrons. The maximum absolute atomic E-state index is 13.9. The van der Waals surface area contributed by atoms with Gasteiger partial charge in [-0.15, -0.1) is 0 Å². The highest BCUT2D eigenvalue weighted by Crippen LogP contribution is 2.26. The summed E-state index contributed by atoms with van der Waals surface area (Å²) in [6, 6.07) is 22.1. The molecule has 3 rings (SSSR count). The molecule has 3 aromatic rings. The predicted molar refractivity (Wildman–Crippen MR) is 159 cm³/mol. The topological polar surface area (TPSA) is 86.8 Å². The van der Waals surface area contributed by atoms with Crippen molar-refractivity contribution in [3.05, 3.63) is 94.5 Å². The first-order chi connectivity index (χ1) is 18.5. The number of halogens is 1. The zero-order valence-corrected chi connectivity index (χ0v) is 25.2. The van der Waals surface area contributed by atoms with Crippen LogP contribution in [0.3, 0.4) is 0 Å². The Kier molecular flexibility index (Phi) is 10.7. The molecule has 0 fully saturated rings. The van der Waals surface area contributed by atoms with Crippen LogP contribution in [0.15, 0.2) is 88.2 Å². The van der Waals surface area contributed by atoms with Gasteiger partial charge >= 0.3 is 0 Å². The summed E-state index contributed by atoms with van der Waals surface area (Å²) in [6.07, 6.45) is 1.28. The van der Waals surface area contributed by atoms with Crippen molar-refractivity contribution in [3.63, 3.8) is 0 Å². The molecule has 2 amide bonds. The molecule has 3 aromatic carbocycles. The van der Waals surface area contributed by atoms with Crippen LogP contribution in [-0.4, -0.2) is 50.3 Å². The standard InChI is InChI=1S/C30H36BrN3O4S/c1-5-23(3)32-30(36)24(4)33(20-19-25-9-7-6-8-10-25)29(35)21-34(27-15-13-26(31)14-16-27)39(37,38)28-17-11-22(2)12-18-28/h6-18,23-24H,5,19-21H2,1-4H3,(H,32,36)/t23-,24-/m0/s1. The van der Waals surface area contributed by atoms with Gasteiger partial charge in [-0.25, -0.2) is 8.42 Å². The van der Waals surface area contributed by atoms with Crippen LogP contribution in [-0.2, 0) is 26.0 Å². The zero-order chi connectivity index (χ0) is 28.6. The fourth-order valence-corrected chi connectivity index (χ4v) is 5.69. The van der Waals surface area contributed by atoms with Crippen molar-refractivity contribution in [1.29, 1.82) is 0 Å². The number of carbonyl (C=O) groups excluding carboxylic acids is 2. The largest absolute Gasteiger partial charge is 0.352 e. The number of nitrogens with one attached hydrogen (secondary N) is 1. The highest BCUT2D eigenvalue weighted by Gasteiger charge is 2.32.